The lowest BCUT2D eigenvalue weighted by atomic mass is 10.1. The minimum absolute atomic E-state index is 0.101. The first-order valence-corrected chi connectivity index (χ1v) is 8.56. The molecule has 1 heterocycles. The smallest absolute Gasteiger partial charge is 0.238 e. The van der Waals surface area contributed by atoms with Crippen LogP contribution in [0.2, 0.25) is 0 Å². The quantitative estimate of drug-likeness (QED) is 0.765. The van der Waals surface area contributed by atoms with Gasteiger partial charge in [0, 0.05) is 11.9 Å². The SMILES string of the molecule is Cc1cccc2ncnc(NCc3ccc(S(N)(=O)=O)cc3)c12. The molecule has 0 unspecified atom stereocenters. The highest BCUT2D eigenvalue weighted by Gasteiger charge is 2.08. The van der Waals surface area contributed by atoms with Gasteiger partial charge in [0.1, 0.15) is 12.1 Å². The van der Waals surface area contributed by atoms with Crippen molar-refractivity contribution in [3.05, 3.63) is 59.9 Å². The van der Waals surface area contributed by atoms with Gasteiger partial charge in [-0.1, -0.05) is 24.3 Å². The summed E-state index contributed by atoms with van der Waals surface area (Å²) >= 11 is 0. The number of anilines is 1. The van der Waals surface area contributed by atoms with Crippen molar-refractivity contribution in [1.29, 1.82) is 0 Å². The minimum atomic E-state index is -3.66. The summed E-state index contributed by atoms with van der Waals surface area (Å²) in [5, 5.41) is 9.34. The molecule has 1 aromatic heterocycles. The number of nitrogens with one attached hydrogen (secondary N) is 1. The number of benzene rings is 2. The van der Waals surface area contributed by atoms with E-state index in [2.05, 4.69) is 15.3 Å². The lowest BCUT2D eigenvalue weighted by molar-refractivity contribution is 0.598. The van der Waals surface area contributed by atoms with E-state index in [4.69, 9.17) is 5.14 Å². The number of aromatic nitrogens is 2. The van der Waals surface area contributed by atoms with Gasteiger partial charge < -0.3 is 5.32 Å². The fourth-order valence-electron chi connectivity index (χ4n) is 2.40. The van der Waals surface area contributed by atoms with E-state index in [1.807, 2.05) is 25.1 Å². The molecule has 3 aromatic rings. The molecule has 0 radical (unpaired) electrons. The summed E-state index contributed by atoms with van der Waals surface area (Å²) in [6.45, 7) is 2.53. The zero-order valence-corrected chi connectivity index (χ0v) is 13.3. The molecular weight excluding hydrogens is 312 g/mol. The zero-order chi connectivity index (χ0) is 16.4. The Morgan fingerprint density at radius 1 is 1.09 bits per heavy atom. The van der Waals surface area contributed by atoms with Crippen LogP contribution in [0.3, 0.4) is 0 Å². The van der Waals surface area contributed by atoms with E-state index in [9.17, 15) is 8.42 Å². The number of rotatable bonds is 4. The first kappa shape index (κ1) is 15.4. The molecular formula is C16H16N4O2S. The normalized spacial score (nSPS) is 11.6. The van der Waals surface area contributed by atoms with Crippen molar-refractivity contribution in [1.82, 2.24) is 9.97 Å². The van der Waals surface area contributed by atoms with E-state index in [0.717, 1.165) is 27.8 Å². The predicted octanol–water partition coefficient (Wildman–Crippen LogP) is 2.20. The molecule has 0 aliphatic rings. The lowest BCUT2D eigenvalue weighted by Crippen LogP contribution is -2.12. The van der Waals surface area contributed by atoms with Gasteiger partial charge in [-0.25, -0.2) is 23.5 Å². The van der Waals surface area contributed by atoms with Gasteiger partial charge in [0.15, 0.2) is 0 Å². The summed E-state index contributed by atoms with van der Waals surface area (Å²) < 4.78 is 22.5. The molecule has 118 valence electrons. The van der Waals surface area contributed by atoms with Crippen LogP contribution in [0.1, 0.15) is 11.1 Å². The van der Waals surface area contributed by atoms with E-state index >= 15 is 0 Å². The molecule has 0 atom stereocenters. The standard InChI is InChI=1S/C16H16N4O2S/c1-11-3-2-4-14-15(11)16(20-10-19-14)18-9-12-5-7-13(8-6-12)23(17,21)22/h2-8,10H,9H2,1H3,(H2,17,21,22)(H,18,19,20). The van der Waals surface area contributed by atoms with Crippen molar-refractivity contribution in [2.75, 3.05) is 5.32 Å². The second-order valence-electron chi connectivity index (χ2n) is 5.23. The molecule has 3 N–H and O–H groups in total. The molecule has 0 bridgehead atoms. The summed E-state index contributed by atoms with van der Waals surface area (Å²) in [6.07, 6.45) is 1.52. The Kier molecular flexibility index (Phi) is 3.97. The molecule has 0 aliphatic carbocycles. The highest BCUT2D eigenvalue weighted by molar-refractivity contribution is 7.89. The van der Waals surface area contributed by atoms with Gasteiger partial charge in [0.25, 0.3) is 0 Å². The fourth-order valence-corrected chi connectivity index (χ4v) is 2.91. The van der Waals surface area contributed by atoms with E-state index in [1.54, 1.807) is 12.1 Å². The van der Waals surface area contributed by atoms with Crippen LogP contribution in [0.5, 0.6) is 0 Å². The third kappa shape index (κ3) is 3.30. The molecule has 23 heavy (non-hydrogen) atoms. The zero-order valence-electron chi connectivity index (χ0n) is 12.5. The second-order valence-corrected chi connectivity index (χ2v) is 6.80. The first-order valence-electron chi connectivity index (χ1n) is 7.01. The van der Waals surface area contributed by atoms with Gasteiger partial charge in [0.2, 0.25) is 10.0 Å². The number of primary sulfonamides is 1. The topological polar surface area (TPSA) is 98.0 Å². The minimum Gasteiger partial charge on any atom is -0.365 e. The summed E-state index contributed by atoms with van der Waals surface area (Å²) in [6, 6.07) is 12.4. The van der Waals surface area contributed by atoms with E-state index < -0.39 is 10.0 Å². The molecule has 7 heteroatoms. The molecule has 0 saturated carbocycles. The molecule has 0 spiro atoms. The highest BCUT2D eigenvalue weighted by Crippen LogP contribution is 2.23. The monoisotopic (exact) mass is 328 g/mol. The third-order valence-corrected chi connectivity index (χ3v) is 4.51. The number of aryl methyl sites for hydroxylation is 1. The van der Waals surface area contributed by atoms with Gasteiger partial charge in [-0.15, -0.1) is 0 Å². The van der Waals surface area contributed by atoms with Crippen LogP contribution in [-0.4, -0.2) is 18.4 Å². The maximum Gasteiger partial charge on any atom is 0.238 e. The summed E-state index contributed by atoms with van der Waals surface area (Å²) in [4.78, 5) is 8.67. The van der Waals surface area contributed by atoms with Crippen molar-refractivity contribution in [2.24, 2.45) is 5.14 Å². The molecule has 0 saturated heterocycles. The Hall–Kier alpha value is -2.51. The lowest BCUT2D eigenvalue weighted by Gasteiger charge is -2.10. The second kappa shape index (κ2) is 5.94. The molecule has 0 aliphatic heterocycles. The third-order valence-electron chi connectivity index (χ3n) is 3.58. The van der Waals surface area contributed by atoms with Gasteiger partial charge in [0.05, 0.1) is 10.4 Å². The van der Waals surface area contributed by atoms with Crippen molar-refractivity contribution in [2.45, 2.75) is 18.4 Å². The van der Waals surface area contributed by atoms with Gasteiger partial charge in [-0.2, -0.15) is 0 Å². The Labute approximate surface area is 134 Å². The van der Waals surface area contributed by atoms with Crippen molar-refractivity contribution < 1.29 is 8.42 Å². The van der Waals surface area contributed by atoms with Crippen molar-refractivity contribution in [3.8, 4) is 0 Å². The van der Waals surface area contributed by atoms with Crippen LogP contribution >= 0.6 is 0 Å². The average Bonchev–Trinajstić information content (AvgIpc) is 2.52. The molecule has 0 amide bonds. The van der Waals surface area contributed by atoms with E-state index in [0.29, 0.717) is 6.54 Å². The van der Waals surface area contributed by atoms with Crippen molar-refractivity contribution >= 4 is 26.7 Å². The Morgan fingerprint density at radius 2 is 1.83 bits per heavy atom. The number of fused-ring (bicyclic) bond motifs is 1. The van der Waals surface area contributed by atoms with Gasteiger partial charge in [-0.05, 0) is 36.2 Å². The molecule has 3 rings (SSSR count). The van der Waals surface area contributed by atoms with Crippen molar-refractivity contribution in [3.63, 3.8) is 0 Å². The maximum atomic E-state index is 11.3. The number of hydrogen-bond donors (Lipinski definition) is 2. The van der Waals surface area contributed by atoms with Gasteiger partial charge >= 0.3 is 0 Å². The van der Waals surface area contributed by atoms with E-state index in [1.165, 1.54) is 18.5 Å². The highest BCUT2D eigenvalue weighted by atomic mass is 32.2. The summed E-state index contributed by atoms with van der Waals surface area (Å²) in [5.74, 6) is 0.753. The fraction of sp³-hybridized carbons (Fsp3) is 0.125. The van der Waals surface area contributed by atoms with Crippen LogP contribution in [0.4, 0.5) is 5.82 Å². The largest absolute Gasteiger partial charge is 0.365 e. The number of nitrogens with two attached hydrogens (primary N) is 1. The number of sulfonamides is 1. The first-order chi connectivity index (χ1) is 10.9. The Bertz CT molecular complexity index is 948. The predicted molar refractivity (Wildman–Crippen MR) is 89.4 cm³/mol. The molecule has 2 aromatic carbocycles. The Balaban J connectivity index is 1.84. The molecule has 0 fully saturated rings. The summed E-state index contributed by atoms with van der Waals surface area (Å²) in [7, 11) is -3.66. The van der Waals surface area contributed by atoms with Crippen LogP contribution in [0.15, 0.2) is 53.7 Å². The number of nitrogens with zero attached hydrogens (tertiary/aromatic N) is 2. The Morgan fingerprint density at radius 3 is 2.52 bits per heavy atom. The van der Waals surface area contributed by atoms with Crippen LogP contribution in [-0.2, 0) is 16.6 Å². The maximum absolute atomic E-state index is 11.3. The van der Waals surface area contributed by atoms with Gasteiger partial charge in [-0.3, -0.25) is 0 Å². The van der Waals surface area contributed by atoms with Crippen LogP contribution in [0, 0.1) is 6.92 Å². The summed E-state index contributed by atoms with van der Waals surface area (Å²) in [5.41, 5.74) is 2.90. The van der Waals surface area contributed by atoms with Crippen LogP contribution < -0.4 is 10.5 Å². The number of hydrogen-bond acceptors (Lipinski definition) is 5. The molecule has 6 nitrogen and oxygen atoms in total. The van der Waals surface area contributed by atoms with Crippen LogP contribution in [0.25, 0.3) is 10.9 Å². The van der Waals surface area contributed by atoms with E-state index in [-0.39, 0.29) is 4.90 Å². The average molecular weight is 328 g/mol.